The summed E-state index contributed by atoms with van der Waals surface area (Å²) in [5, 5.41) is 0. The van der Waals surface area contributed by atoms with Gasteiger partial charge in [0, 0.05) is 19.3 Å². The van der Waals surface area contributed by atoms with Crippen LogP contribution in [0, 0.1) is 0 Å². The van der Waals surface area contributed by atoms with Crippen molar-refractivity contribution in [1.29, 1.82) is 0 Å². The minimum Gasteiger partial charge on any atom is -0.462 e. The number of carbonyl (C=O) groups is 3. The van der Waals surface area contributed by atoms with Crippen molar-refractivity contribution in [3.63, 3.8) is 0 Å². The summed E-state index contributed by atoms with van der Waals surface area (Å²) in [6, 6.07) is 0. The van der Waals surface area contributed by atoms with Crippen LogP contribution in [0.5, 0.6) is 0 Å². The van der Waals surface area contributed by atoms with Gasteiger partial charge >= 0.3 is 17.9 Å². The Balaban J connectivity index is 4.36. The maximum absolute atomic E-state index is 13.0. The molecule has 0 aliphatic heterocycles. The molecular formula is C76H132O6. The van der Waals surface area contributed by atoms with Crippen LogP contribution < -0.4 is 0 Å². The number of unbranched alkanes of at least 4 members (excludes halogenated alkanes) is 37. The van der Waals surface area contributed by atoms with Gasteiger partial charge in [0.1, 0.15) is 13.2 Å². The van der Waals surface area contributed by atoms with Crippen LogP contribution in [0.1, 0.15) is 348 Å². The fourth-order valence-corrected chi connectivity index (χ4v) is 10.1. The summed E-state index contributed by atoms with van der Waals surface area (Å²) in [7, 11) is 0. The number of hydrogen-bond acceptors (Lipinski definition) is 6. The average molecular weight is 1140 g/mol. The van der Waals surface area contributed by atoms with Gasteiger partial charge in [-0.2, -0.15) is 0 Å². The second kappa shape index (κ2) is 69.8. The first-order chi connectivity index (χ1) is 40.5. The van der Waals surface area contributed by atoms with Crippen LogP contribution in [0.2, 0.25) is 0 Å². The van der Waals surface area contributed by atoms with E-state index in [1.165, 1.54) is 186 Å². The first-order valence-electron chi connectivity index (χ1n) is 35.2. The van der Waals surface area contributed by atoms with E-state index in [0.29, 0.717) is 19.3 Å². The lowest BCUT2D eigenvalue weighted by Gasteiger charge is -2.18. The van der Waals surface area contributed by atoms with Gasteiger partial charge in [0.15, 0.2) is 6.10 Å². The molecule has 0 rings (SSSR count). The molecule has 0 saturated heterocycles. The molecule has 0 spiro atoms. The fourth-order valence-electron chi connectivity index (χ4n) is 10.1. The second-order valence-corrected chi connectivity index (χ2v) is 23.4. The molecule has 472 valence electrons. The molecule has 6 nitrogen and oxygen atoms in total. The van der Waals surface area contributed by atoms with E-state index in [1.54, 1.807) is 0 Å². The van der Waals surface area contributed by atoms with E-state index in [-0.39, 0.29) is 31.1 Å². The number of rotatable bonds is 64. The molecule has 0 fully saturated rings. The predicted molar refractivity (Wildman–Crippen MR) is 357 cm³/mol. The lowest BCUT2D eigenvalue weighted by molar-refractivity contribution is -0.167. The Morgan fingerprint density at radius 1 is 0.256 bits per heavy atom. The molecule has 0 aromatic heterocycles. The first kappa shape index (κ1) is 78.3. The molecule has 0 saturated carbocycles. The lowest BCUT2D eigenvalue weighted by atomic mass is 10.0. The van der Waals surface area contributed by atoms with Gasteiger partial charge in [0.05, 0.1) is 0 Å². The van der Waals surface area contributed by atoms with Crippen LogP contribution in [0.3, 0.4) is 0 Å². The smallest absolute Gasteiger partial charge is 0.306 e. The van der Waals surface area contributed by atoms with E-state index in [9.17, 15) is 14.4 Å². The van der Waals surface area contributed by atoms with Gasteiger partial charge in [-0.15, -0.1) is 0 Å². The third kappa shape index (κ3) is 67.1. The molecule has 1 unspecified atom stereocenters. The number of allylic oxidation sites excluding steroid dienone is 16. The average Bonchev–Trinajstić information content (AvgIpc) is 3.47. The Kier molecular flexibility index (Phi) is 66.7. The van der Waals surface area contributed by atoms with Crippen LogP contribution in [0.15, 0.2) is 97.2 Å². The number of ether oxygens (including phenoxy) is 3. The lowest BCUT2D eigenvalue weighted by Crippen LogP contribution is -2.30. The molecule has 0 aromatic carbocycles. The van der Waals surface area contributed by atoms with Gasteiger partial charge in [-0.25, -0.2) is 0 Å². The van der Waals surface area contributed by atoms with Crippen molar-refractivity contribution in [2.45, 2.75) is 354 Å². The second-order valence-electron chi connectivity index (χ2n) is 23.4. The summed E-state index contributed by atoms with van der Waals surface area (Å²) in [5.74, 6) is -0.896. The quantitative estimate of drug-likeness (QED) is 0.0261. The first-order valence-corrected chi connectivity index (χ1v) is 35.2. The Labute approximate surface area is 508 Å². The molecule has 6 heteroatoms. The molecule has 0 amide bonds. The summed E-state index contributed by atoms with van der Waals surface area (Å²) < 4.78 is 17.0. The summed E-state index contributed by atoms with van der Waals surface area (Å²) in [6.45, 7) is 6.44. The van der Waals surface area contributed by atoms with Crippen molar-refractivity contribution in [1.82, 2.24) is 0 Å². The van der Waals surface area contributed by atoms with E-state index in [4.69, 9.17) is 14.2 Å². The molecule has 82 heavy (non-hydrogen) atoms. The van der Waals surface area contributed by atoms with Crippen molar-refractivity contribution < 1.29 is 28.6 Å². The minimum atomic E-state index is -0.792. The van der Waals surface area contributed by atoms with Crippen molar-refractivity contribution in [3.05, 3.63) is 97.2 Å². The van der Waals surface area contributed by atoms with Gasteiger partial charge in [-0.3, -0.25) is 14.4 Å². The minimum absolute atomic E-state index is 0.0843. The predicted octanol–water partition coefficient (Wildman–Crippen LogP) is 24.4. The van der Waals surface area contributed by atoms with Crippen LogP contribution in [0.4, 0.5) is 0 Å². The maximum Gasteiger partial charge on any atom is 0.306 e. The summed E-state index contributed by atoms with van der Waals surface area (Å²) in [4.78, 5) is 38.5. The van der Waals surface area contributed by atoms with Gasteiger partial charge in [0.25, 0.3) is 0 Å². The Bertz CT molecular complexity index is 1590. The fraction of sp³-hybridized carbons (Fsp3) is 0.750. The maximum atomic E-state index is 13.0. The summed E-state index contributed by atoms with van der Waals surface area (Å²) in [6.07, 6.45) is 94.3. The van der Waals surface area contributed by atoms with Crippen LogP contribution in [0.25, 0.3) is 0 Å². The zero-order chi connectivity index (χ0) is 59.2. The number of carbonyl (C=O) groups excluding carboxylic acids is 3. The molecule has 0 aromatic rings. The van der Waals surface area contributed by atoms with Crippen molar-refractivity contribution in [2.75, 3.05) is 13.2 Å². The van der Waals surface area contributed by atoms with Gasteiger partial charge in [-0.1, -0.05) is 330 Å². The van der Waals surface area contributed by atoms with E-state index in [1.807, 2.05) is 0 Å². The zero-order valence-corrected chi connectivity index (χ0v) is 54.2. The summed E-state index contributed by atoms with van der Waals surface area (Å²) >= 11 is 0. The molecule has 0 N–H and O–H groups in total. The van der Waals surface area contributed by atoms with Gasteiger partial charge in [0.2, 0.25) is 0 Å². The monoisotopic (exact) mass is 1140 g/mol. The number of hydrogen-bond donors (Lipinski definition) is 0. The van der Waals surface area contributed by atoms with Crippen molar-refractivity contribution in [2.24, 2.45) is 0 Å². The van der Waals surface area contributed by atoms with Crippen LogP contribution in [-0.4, -0.2) is 37.2 Å². The molecule has 0 radical (unpaired) electrons. The normalized spacial score (nSPS) is 12.7. The molecule has 0 bridgehead atoms. The zero-order valence-electron chi connectivity index (χ0n) is 54.2. The third-order valence-electron chi connectivity index (χ3n) is 15.3. The van der Waals surface area contributed by atoms with E-state index in [0.717, 1.165) is 122 Å². The standard InChI is InChI=1S/C76H132O6/c1-4-7-10-13-16-19-22-25-28-31-33-35-37-39-40-42-45-48-51-54-57-60-63-66-69-75(78)81-72-73(71-80-74(77)68-65-62-59-56-53-50-47-44-30-27-24-21-18-15-12-9-6-3)82-76(79)70-67-64-61-58-55-52-49-46-43-41-38-36-34-32-29-26-23-20-17-14-11-8-5-2/h8-9,11-12,17-18,20-21,26-27,29-30,34,36,47,50,73H,4-7,10,13-16,19,22-25,28,31-33,35,37-46,48-49,51-72H2,1-3H3/b11-8-,12-9-,20-17-,21-18-,29-26-,30-27-,36-34-,50-47-. The molecule has 1 atom stereocenters. The molecule has 0 aliphatic carbocycles. The topological polar surface area (TPSA) is 78.9 Å². The SMILES string of the molecule is CC/C=C\C/C=C\C/C=C\C/C=C\CCCCCCCCCCCCC(=O)OC(COC(=O)CCCCCC/C=C\C/C=C\C/C=C\C/C=C\CC)COC(=O)CCCCCCCCCCCCCCCCCCCCCCCCCC. The molecular weight excluding hydrogens is 1010 g/mol. The van der Waals surface area contributed by atoms with Crippen molar-refractivity contribution in [3.8, 4) is 0 Å². The van der Waals surface area contributed by atoms with E-state index >= 15 is 0 Å². The van der Waals surface area contributed by atoms with E-state index in [2.05, 4.69) is 118 Å². The van der Waals surface area contributed by atoms with Crippen LogP contribution in [-0.2, 0) is 28.6 Å². The highest BCUT2D eigenvalue weighted by Gasteiger charge is 2.19. The number of esters is 3. The Morgan fingerprint density at radius 2 is 0.476 bits per heavy atom. The highest BCUT2D eigenvalue weighted by atomic mass is 16.6. The molecule has 0 aliphatic rings. The van der Waals surface area contributed by atoms with Gasteiger partial charge in [-0.05, 0) is 96.3 Å². The molecule has 0 heterocycles. The summed E-state index contributed by atoms with van der Waals surface area (Å²) in [5.41, 5.74) is 0. The largest absolute Gasteiger partial charge is 0.462 e. The highest BCUT2D eigenvalue weighted by Crippen LogP contribution is 2.18. The van der Waals surface area contributed by atoms with Crippen molar-refractivity contribution >= 4 is 17.9 Å². The third-order valence-corrected chi connectivity index (χ3v) is 15.3. The Hall–Kier alpha value is -3.67. The Morgan fingerprint density at radius 3 is 0.744 bits per heavy atom. The highest BCUT2D eigenvalue weighted by molar-refractivity contribution is 5.71. The van der Waals surface area contributed by atoms with Crippen LogP contribution >= 0.6 is 0 Å². The van der Waals surface area contributed by atoms with E-state index < -0.39 is 6.10 Å². The van der Waals surface area contributed by atoms with Gasteiger partial charge < -0.3 is 14.2 Å².